The van der Waals surface area contributed by atoms with Crippen molar-refractivity contribution in [2.24, 2.45) is 5.92 Å². The van der Waals surface area contributed by atoms with Crippen molar-refractivity contribution in [1.29, 1.82) is 0 Å². The number of aromatic nitrogens is 1. The third-order valence-electron chi connectivity index (χ3n) is 4.00. The third kappa shape index (κ3) is 3.86. The highest BCUT2D eigenvalue weighted by Crippen LogP contribution is 2.24. The molecule has 1 saturated carbocycles. The van der Waals surface area contributed by atoms with Gasteiger partial charge in [-0.05, 0) is 30.9 Å². The minimum Gasteiger partial charge on any atom is -0.477 e. The van der Waals surface area contributed by atoms with E-state index in [4.69, 9.17) is 5.11 Å². The van der Waals surface area contributed by atoms with E-state index in [0.29, 0.717) is 12.0 Å². The fraction of sp³-hybridized carbons (Fsp3) is 0.625. The van der Waals surface area contributed by atoms with Crippen LogP contribution in [0, 0.1) is 5.92 Å². The molecule has 5 heteroatoms. The Morgan fingerprint density at radius 3 is 2.62 bits per heavy atom. The minimum absolute atomic E-state index is 0.0225. The van der Waals surface area contributed by atoms with Crippen LogP contribution in [0.2, 0.25) is 0 Å². The van der Waals surface area contributed by atoms with E-state index in [1.807, 2.05) is 4.90 Å². The van der Waals surface area contributed by atoms with Gasteiger partial charge in [0, 0.05) is 18.8 Å². The smallest absolute Gasteiger partial charge is 0.352 e. The van der Waals surface area contributed by atoms with Crippen LogP contribution >= 0.6 is 0 Å². The lowest BCUT2D eigenvalue weighted by Gasteiger charge is -2.31. The van der Waals surface area contributed by atoms with Gasteiger partial charge in [-0.3, -0.25) is 4.79 Å². The molecular formula is C16H24N2O3. The largest absolute Gasteiger partial charge is 0.477 e. The van der Waals surface area contributed by atoms with Crippen LogP contribution in [0.15, 0.2) is 18.3 Å². The van der Waals surface area contributed by atoms with Crippen LogP contribution in [0.1, 0.15) is 50.0 Å². The summed E-state index contributed by atoms with van der Waals surface area (Å²) in [5.41, 5.74) is 0.166. The van der Waals surface area contributed by atoms with Crippen LogP contribution in [-0.2, 0) is 11.3 Å². The Morgan fingerprint density at radius 2 is 2.05 bits per heavy atom. The predicted molar refractivity (Wildman–Crippen MR) is 80.2 cm³/mol. The summed E-state index contributed by atoms with van der Waals surface area (Å²) in [6.45, 7) is 5.06. The number of carbonyl (C=O) groups excluding carboxylic acids is 1. The third-order valence-corrected chi connectivity index (χ3v) is 4.00. The van der Waals surface area contributed by atoms with Gasteiger partial charge in [0.15, 0.2) is 0 Å². The number of amides is 1. The Bertz CT molecular complexity index is 501. The summed E-state index contributed by atoms with van der Waals surface area (Å²) >= 11 is 0. The van der Waals surface area contributed by atoms with Crippen LogP contribution < -0.4 is 0 Å². The number of carbonyl (C=O) groups is 2. The topological polar surface area (TPSA) is 62.5 Å². The lowest BCUT2D eigenvalue weighted by Crippen LogP contribution is -2.43. The van der Waals surface area contributed by atoms with E-state index < -0.39 is 5.97 Å². The standard InChI is InChI=1S/C16H24N2O3/c1-12(2)10-18(13-6-3-4-7-13)15(19)11-17-9-5-8-14(17)16(20)21/h5,8-9,12-13H,3-4,6-7,10-11H2,1-2H3,(H,20,21). The molecule has 1 aliphatic carbocycles. The van der Waals surface area contributed by atoms with Crippen molar-refractivity contribution in [3.05, 3.63) is 24.0 Å². The first-order chi connectivity index (χ1) is 9.99. The molecule has 0 saturated heterocycles. The molecule has 1 aromatic heterocycles. The second-order valence-corrected chi connectivity index (χ2v) is 6.20. The van der Waals surface area contributed by atoms with Crippen molar-refractivity contribution in [1.82, 2.24) is 9.47 Å². The zero-order chi connectivity index (χ0) is 15.4. The quantitative estimate of drug-likeness (QED) is 0.876. The zero-order valence-corrected chi connectivity index (χ0v) is 12.8. The number of hydrogen-bond donors (Lipinski definition) is 1. The molecule has 0 atom stereocenters. The Balaban J connectivity index is 2.10. The number of hydrogen-bond acceptors (Lipinski definition) is 2. The molecule has 116 valence electrons. The van der Waals surface area contributed by atoms with Gasteiger partial charge in [-0.1, -0.05) is 26.7 Å². The first kappa shape index (κ1) is 15.6. The van der Waals surface area contributed by atoms with Gasteiger partial charge in [-0.2, -0.15) is 0 Å². The predicted octanol–water partition coefficient (Wildman–Crippen LogP) is 2.61. The first-order valence-corrected chi connectivity index (χ1v) is 7.67. The van der Waals surface area contributed by atoms with Crippen LogP contribution in [0.25, 0.3) is 0 Å². The fourth-order valence-corrected chi connectivity index (χ4v) is 3.05. The molecule has 0 aromatic carbocycles. The maximum absolute atomic E-state index is 12.6. The summed E-state index contributed by atoms with van der Waals surface area (Å²) in [5, 5.41) is 9.12. The first-order valence-electron chi connectivity index (χ1n) is 7.67. The monoisotopic (exact) mass is 292 g/mol. The highest BCUT2D eigenvalue weighted by molar-refractivity contribution is 5.87. The van der Waals surface area contributed by atoms with Crippen molar-refractivity contribution in [2.45, 2.75) is 52.1 Å². The van der Waals surface area contributed by atoms with Gasteiger partial charge in [0.1, 0.15) is 12.2 Å². The SMILES string of the molecule is CC(C)CN(C(=O)Cn1cccc1C(=O)O)C1CCCC1. The van der Waals surface area contributed by atoms with Gasteiger partial charge in [-0.25, -0.2) is 4.79 Å². The minimum atomic E-state index is -0.996. The van der Waals surface area contributed by atoms with E-state index in [2.05, 4.69) is 13.8 Å². The van der Waals surface area contributed by atoms with Crippen LogP contribution in [0.5, 0.6) is 0 Å². The highest BCUT2D eigenvalue weighted by atomic mass is 16.4. The molecule has 0 aliphatic heterocycles. The van der Waals surface area contributed by atoms with Gasteiger partial charge in [0.05, 0.1) is 0 Å². The maximum Gasteiger partial charge on any atom is 0.352 e. The van der Waals surface area contributed by atoms with Gasteiger partial charge >= 0.3 is 5.97 Å². The molecule has 1 heterocycles. The van der Waals surface area contributed by atoms with Crippen molar-refractivity contribution >= 4 is 11.9 Å². The Morgan fingerprint density at radius 1 is 1.38 bits per heavy atom. The van der Waals surface area contributed by atoms with E-state index in [-0.39, 0.29) is 18.1 Å². The van der Waals surface area contributed by atoms with Crippen LogP contribution in [-0.4, -0.2) is 39.0 Å². The van der Waals surface area contributed by atoms with Crippen molar-refractivity contribution in [3.63, 3.8) is 0 Å². The number of aromatic carboxylic acids is 1. The Hall–Kier alpha value is -1.78. The molecule has 0 radical (unpaired) electrons. The lowest BCUT2D eigenvalue weighted by molar-refractivity contribution is -0.134. The fourth-order valence-electron chi connectivity index (χ4n) is 3.05. The summed E-state index contributed by atoms with van der Waals surface area (Å²) in [5.74, 6) is -0.559. The summed E-state index contributed by atoms with van der Waals surface area (Å²) in [4.78, 5) is 25.7. The summed E-state index contributed by atoms with van der Waals surface area (Å²) in [7, 11) is 0. The molecule has 5 nitrogen and oxygen atoms in total. The normalized spacial score (nSPS) is 15.6. The van der Waals surface area contributed by atoms with Crippen molar-refractivity contribution in [3.8, 4) is 0 Å². The molecule has 1 aliphatic rings. The van der Waals surface area contributed by atoms with E-state index in [1.54, 1.807) is 12.3 Å². The van der Waals surface area contributed by atoms with Gasteiger partial charge in [0.25, 0.3) is 0 Å². The molecule has 1 fully saturated rings. The molecule has 21 heavy (non-hydrogen) atoms. The molecule has 0 spiro atoms. The molecule has 2 rings (SSSR count). The van der Waals surface area contributed by atoms with E-state index in [1.165, 1.54) is 23.5 Å². The second kappa shape index (κ2) is 6.78. The van der Waals surface area contributed by atoms with Gasteiger partial charge < -0.3 is 14.6 Å². The number of carboxylic acids is 1. The average molecular weight is 292 g/mol. The number of carboxylic acid groups (broad SMARTS) is 1. The van der Waals surface area contributed by atoms with E-state index >= 15 is 0 Å². The Labute approximate surface area is 125 Å². The van der Waals surface area contributed by atoms with Crippen molar-refractivity contribution in [2.75, 3.05) is 6.54 Å². The van der Waals surface area contributed by atoms with Crippen LogP contribution in [0.3, 0.4) is 0 Å². The summed E-state index contributed by atoms with van der Waals surface area (Å²) < 4.78 is 1.52. The zero-order valence-electron chi connectivity index (χ0n) is 12.8. The molecule has 1 aromatic rings. The van der Waals surface area contributed by atoms with E-state index in [9.17, 15) is 9.59 Å². The van der Waals surface area contributed by atoms with Crippen LogP contribution in [0.4, 0.5) is 0 Å². The maximum atomic E-state index is 12.6. The molecule has 1 N–H and O–H groups in total. The summed E-state index contributed by atoms with van der Waals surface area (Å²) in [6.07, 6.45) is 6.14. The molecule has 0 unspecified atom stereocenters. The molecule has 0 bridgehead atoms. The van der Waals surface area contributed by atoms with E-state index in [0.717, 1.165) is 19.4 Å². The van der Waals surface area contributed by atoms with Gasteiger partial charge in [0.2, 0.25) is 5.91 Å². The van der Waals surface area contributed by atoms with Crippen molar-refractivity contribution < 1.29 is 14.7 Å². The summed E-state index contributed by atoms with van der Waals surface area (Å²) in [6, 6.07) is 3.51. The second-order valence-electron chi connectivity index (χ2n) is 6.20. The average Bonchev–Trinajstić information content (AvgIpc) is 3.06. The van der Waals surface area contributed by atoms with Gasteiger partial charge in [-0.15, -0.1) is 0 Å². The number of rotatable bonds is 6. The molecule has 1 amide bonds. The molecular weight excluding hydrogens is 268 g/mol. The Kier molecular flexibility index (Phi) is 5.04. The number of nitrogens with zero attached hydrogens (tertiary/aromatic N) is 2. The lowest BCUT2D eigenvalue weighted by atomic mass is 10.1. The highest BCUT2D eigenvalue weighted by Gasteiger charge is 2.27.